The van der Waals surface area contributed by atoms with Crippen molar-refractivity contribution in [3.8, 4) is 5.75 Å². The van der Waals surface area contributed by atoms with E-state index < -0.39 is 53.2 Å². The van der Waals surface area contributed by atoms with E-state index in [2.05, 4.69) is 10.1 Å². The number of fused-ring (bicyclic) bond motifs is 1. The Labute approximate surface area is 229 Å². The van der Waals surface area contributed by atoms with Gasteiger partial charge in [-0.3, -0.25) is 24.6 Å². The summed E-state index contributed by atoms with van der Waals surface area (Å²) in [6.45, 7) is 0.346. The molecule has 1 unspecified atom stereocenters. The second-order valence-electron chi connectivity index (χ2n) is 10.4. The molecule has 220 valence electrons. The molecule has 0 saturated carbocycles. The first-order chi connectivity index (χ1) is 19.1. The maximum absolute atomic E-state index is 13.6. The molecule has 41 heavy (non-hydrogen) atoms. The standard InChI is InChI=1S/C27H25F6N3O5/c28-26(29,30)16-3-1-15(2-4-16)13-35-11-9-25(40,10-12-35)19-6-5-17-18(22(19)41-27(31,32)33)14-36(24(17)39)20-7-8-21(37)34-23(20)38/h1-6,20,40H,7-14H2,(H,34,37,38). The number of nitrogens with zero attached hydrogens (tertiary/aromatic N) is 2. The van der Waals surface area contributed by atoms with E-state index in [9.17, 15) is 45.8 Å². The predicted octanol–water partition coefficient (Wildman–Crippen LogP) is 3.85. The molecule has 2 fully saturated rings. The highest BCUT2D eigenvalue weighted by Gasteiger charge is 2.46. The van der Waals surface area contributed by atoms with Crippen LogP contribution in [0.15, 0.2) is 36.4 Å². The number of carbonyl (C=O) groups is 3. The van der Waals surface area contributed by atoms with E-state index >= 15 is 0 Å². The van der Waals surface area contributed by atoms with Crippen LogP contribution in [-0.2, 0) is 34.5 Å². The second-order valence-corrected chi connectivity index (χ2v) is 10.4. The summed E-state index contributed by atoms with van der Waals surface area (Å²) in [6.07, 6.45) is -9.64. The van der Waals surface area contributed by atoms with Crippen LogP contribution in [0.1, 0.15) is 58.3 Å². The van der Waals surface area contributed by atoms with Crippen LogP contribution in [0.3, 0.4) is 0 Å². The van der Waals surface area contributed by atoms with Crippen LogP contribution < -0.4 is 10.1 Å². The molecule has 0 aromatic heterocycles. The molecule has 14 heteroatoms. The third kappa shape index (κ3) is 5.89. The van der Waals surface area contributed by atoms with Crippen LogP contribution >= 0.6 is 0 Å². The normalized spacial score (nSPS) is 21.6. The Morgan fingerprint density at radius 1 is 0.976 bits per heavy atom. The molecule has 3 aliphatic rings. The number of alkyl halides is 6. The van der Waals surface area contributed by atoms with Crippen molar-refractivity contribution in [1.29, 1.82) is 0 Å². The number of halogens is 6. The largest absolute Gasteiger partial charge is 0.573 e. The number of hydrogen-bond acceptors (Lipinski definition) is 6. The molecule has 0 spiro atoms. The molecular weight excluding hydrogens is 560 g/mol. The molecule has 3 aliphatic heterocycles. The number of hydrogen-bond donors (Lipinski definition) is 2. The Kier molecular flexibility index (Phi) is 7.26. The summed E-state index contributed by atoms with van der Waals surface area (Å²) in [4.78, 5) is 39.9. The maximum atomic E-state index is 13.6. The minimum absolute atomic E-state index is 0.00849. The monoisotopic (exact) mass is 585 g/mol. The molecule has 2 saturated heterocycles. The highest BCUT2D eigenvalue weighted by molar-refractivity contribution is 6.05. The van der Waals surface area contributed by atoms with Crippen molar-refractivity contribution < 1.29 is 50.6 Å². The zero-order valence-electron chi connectivity index (χ0n) is 21.4. The Morgan fingerprint density at radius 3 is 2.22 bits per heavy atom. The van der Waals surface area contributed by atoms with Crippen LogP contribution in [0.4, 0.5) is 26.3 Å². The molecule has 5 rings (SSSR count). The van der Waals surface area contributed by atoms with Crippen molar-refractivity contribution in [2.24, 2.45) is 0 Å². The lowest BCUT2D eigenvalue weighted by Crippen LogP contribution is -2.52. The van der Waals surface area contributed by atoms with Crippen LogP contribution in [0.5, 0.6) is 5.75 Å². The van der Waals surface area contributed by atoms with E-state index in [0.717, 1.165) is 17.0 Å². The quantitative estimate of drug-likeness (QED) is 0.409. The summed E-state index contributed by atoms with van der Waals surface area (Å²) in [7, 11) is 0. The van der Waals surface area contributed by atoms with Gasteiger partial charge in [0.1, 0.15) is 11.8 Å². The van der Waals surface area contributed by atoms with Gasteiger partial charge in [-0.2, -0.15) is 13.2 Å². The Bertz CT molecular complexity index is 1370. The fraction of sp³-hybridized carbons (Fsp3) is 0.444. The van der Waals surface area contributed by atoms with Crippen molar-refractivity contribution in [3.63, 3.8) is 0 Å². The minimum atomic E-state index is -5.14. The summed E-state index contributed by atoms with van der Waals surface area (Å²) in [5.74, 6) is -2.62. The number of piperidine rings is 2. The first kappa shape index (κ1) is 28.9. The number of amides is 3. The number of aliphatic hydroxyl groups is 1. The molecular formula is C27H25F6N3O5. The van der Waals surface area contributed by atoms with Crippen molar-refractivity contribution >= 4 is 17.7 Å². The van der Waals surface area contributed by atoms with Gasteiger partial charge in [-0.15, -0.1) is 13.2 Å². The van der Waals surface area contributed by atoms with Gasteiger partial charge in [0.05, 0.1) is 17.7 Å². The number of likely N-dealkylation sites (tertiary alicyclic amines) is 1. The molecule has 1 atom stereocenters. The van der Waals surface area contributed by atoms with E-state index in [1.807, 2.05) is 4.90 Å². The molecule has 2 aromatic carbocycles. The lowest BCUT2D eigenvalue weighted by Gasteiger charge is -2.39. The third-order valence-electron chi connectivity index (χ3n) is 7.76. The summed E-state index contributed by atoms with van der Waals surface area (Å²) in [5, 5.41) is 13.6. The Balaban J connectivity index is 1.37. The van der Waals surface area contributed by atoms with Gasteiger partial charge < -0.3 is 14.7 Å². The van der Waals surface area contributed by atoms with Crippen molar-refractivity contribution in [2.45, 2.75) is 63.0 Å². The Morgan fingerprint density at radius 2 is 1.63 bits per heavy atom. The first-order valence-corrected chi connectivity index (χ1v) is 12.8. The SMILES string of the molecule is O=C1CCC(N2Cc3c(ccc(C4(O)CCN(Cc5ccc(C(F)(F)F)cc5)CC4)c3OC(F)(F)F)C2=O)C(=O)N1. The summed E-state index contributed by atoms with van der Waals surface area (Å²) >= 11 is 0. The second kappa shape index (κ2) is 10.3. The molecule has 2 aromatic rings. The zero-order chi connectivity index (χ0) is 29.7. The van der Waals surface area contributed by atoms with Crippen LogP contribution in [-0.4, -0.2) is 58.1 Å². The van der Waals surface area contributed by atoms with Crippen LogP contribution in [0, 0.1) is 0 Å². The molecule has 3 amide bonds. The minimum Gasteiger partial charge on any atom is -0.405 e. The van der Waals surface area contributed by atoms with Crippen molar-refractivity contribution in [1.82, 2.24) is 15.1 Å². The van der Waals surface area contributed by atoms with E-state index in [1.165, 1.54) is 24.3 Å². The lowest BCUT2D eigenvalue weighted by atomic mass is 9.82. The molecule has 0 aliphatic carbocycles. The number of benzene rings is 2. The fourth-order valence-corrected chi connectivity index (χ4v) is 5.62. The topological polar surface area (TPSA) is 99.2 Å². The maximum Gasteiger partial charge on any atom is 0.573 e. The average Bonchev–Trinajstić information content (AvgIpc) is 3.21. The van der Waals surface area contributed by atoms with Gasteiger partial charge in [-0.25, -0.2) is 0 Å². The van der Waals surface area contributed by atoms with Gasteiger partial charge >= 0.3 is 12.5 Å². The summed E-state index contributed by atoms with van der Waals surface area (Å²) in [5.41, 5.74) is -2.29. The predicted molar refractivity (Wildman–Crippen MR) is 129 cm³/mol. The number of ether oxygens (including phenoxy) is 1. The smallest absolute Gasteiger partial charge is 0.405 e. The van der Waals surface area contributed by atoms with Crippen LogP contribution in [0.25, 0.3) is 0 Å². The molecule has 3 heterocycles. The van der Waals surface area contributed by atoms with E-state index in [-0.39, 0.29) is 68.6 Å². The van der Waals surface area contributed by atoms with Gasteiger partial charge in [0.2, 0.25) is 11.8 Å². The fourth-order valence-electron chi connectivity index (χ4n) is 5.62. The van der Waals surface area contributed by atoms with Crippen LogP contribution in [0.2, 0.25) is 0 Å². The number of rotatable bonds is 5. The van der Waals surface area contributed by atoms with Crippen molar-refractivity contribution in [2.75, 3.05) is 13.1 Å². The van der Waals surface area contributed by atoms with Gasteiger partial charge in [-0.05, 0) is 43.0 Å². The first-order valence-electron chi connectivity index (χ1n) is 12.8. The molecule has 0 bridgehead atoms. The lowest BCUT2D eigenvalue weighted by molar-refractivity contribution is -0.275. The van der Waals surface area contributed by atoms with E-state index in [1.54, 1.807) is 0 Å². The molecule has 2 N–H and O–H groups in total. The van der Waals surface area contributed by atoms with Crippen molar-refractivity contribution in [3.05, 3.63) is 64.2 Å². The van der Waals surface area contributed by atoms with Gasteiger partial charge in [0.25, 0.3) is 5.91 Å². The van der Waals surface area contributed by atoms with E-state index in [4.69, 9.17) is 0 Å². The van der Waals surface area contributed by atoms with Gasteiger partial charge in [0.15, 0.2) is 0 Å². The van der Waals surface area contributed by atoms with Gasteiger partial charge in [-0.1, -0.05) is 18.2 Å². The molecule has 0 radical (unpaired) electrons. The summed E-state index contributed by atoms with van der Waals surface area (Å²) in [6, 6.07) is 6.12. The van der Waals surface area contributed by atoms with E-state index in [0.29, 0.717) is 5.56 Å². The Hall–Kier alpha value is -3.65. The highest BCUT2D eigenvalue weighted by atomic mass is 19.4. The number of carbonyl (C=O) groups excluding carboxylic acids is 3. The summed E-state index contributed by atoms with van der Waals surface area (Å²) < 4.78 is 83.6. The number of nitrogens with one attached hydrogen (secondary N) is 1. The average molecular weight is 586 g/mol. The highest BCUT2D eigenvalue weighted by Crippen LogP contribution is 2.45. The molecule has 8 nitrogen and oxygen atoms in total. The third-order valence-corrected chi connectivity index (χ3v) is 7.76. The zero-order valence-corrected chi connectivity index (χ0v) is 21.4. The number of imide groups is 1. The van der Waals surface area contributed by atoms with Gasteiger partial charge in [0, 0.05) is 42.7 Å².